The van der Waals surface area contributed by atoms with Gasteiger partial charge in [0.25, 0.3) is 5.91 Å². The molecule has 0 atom stereocenters. The van der Waals surface area contributed by atoms with E-state index in [4.69, 9.17) is 5.73 Å². The predicted octanol–water partition coefficient (Wildman–Crippen LogP) is 1.15. The summed E-state index contributed by atoms with van der Waals surface area (Å²) in [5.41, 5.74) is 8.21. The molecule has 1 heterocycles. The van der Waals surface area contributed by atoms with Crippen molar-refractivity contribution in [2.45, 2.75) is 13.1 Å². The predicted molar refractivity (Wildman–Crippen MR) is 73.3 cm³/mol. The molecular formula is C14H18N4O. The van der Waals surface area contributed by atoms with Gasteiger partial charge in [-0.15, -0.1) is 0 Å². The maximum atomic E-state index is 12.3. The van der Waals surface area contributed by atoms with E-state index in [9.17, 15) is 4.79 Å². The number of nitrogens with two attached hydrogens (primary N) is 1. The van der Waals surface area contributed by atoms with Gasteiger partial charge >= 0.3 is 0 Å². The highest BCUT2D eigenvalue weighted by Gasteiger charge is 2.12. The van der Waals surface area contributed by atoms with Crippen LogP contribution in [0.2, 0.25) is 0 Å². The monoisotopic (exact) mass is 258 g/mol. The Bertz CT molecular complexity index is 576. The number of hydrogen-bond donors (Lipinski definition) is 1. The molecule has 19 heavy (non-hydrogen) atoms. The molecule has 0 aliphatic heterocycles. The van der Waals surface area contributed by atoms with E-state index in [0.29, 0.717) is 18.7 Å². The first-order valence-electron chi connectivity index (χ1n) is 6.12. The van der Waals surface area contributed by atoms with Crippen molar-refractivity contribution in [2.24, 2.45) is 12.8 Å². The van der Waals surface area contributed by atoms with Crippen molar-refractivity contribution in [2.75, 3.05) is 7.05 Å². The van der Waals surface area contributed by atoms with Crippen molar-refractivity contribution in [1.29, 1.82) is 0 Å². The zero-order valence-corrected chi connectivity index (χ0v) is 11.2. The SMILES string of the molecule is CN(Cc1cnn(C)c1)C(=O)c1cccc(CN)c1. The van der Waals surface area contributed by atoms with Crippen molar-refractivity contribution >= 4 is 5.91 Å². The fraction of sp³-hybridized carbons (Fsp3) is 0.286. The molecule has 1 aromatic carbocycles. The van der Waals surface area contributed by atoms with E-state index >= 15 is 0 Å². The number of aryl methyl sites for hydroxylation is 1. The van der Waals surface area contributed by atoms with Crippen LogP contribution in [-0.2, 0) is 20.1 Å². The van der Waals surface area contributed by atoms with Crippen LogP contribution >= 0.6 is 0 Å². The van der Waals surface area contributed by atoms with Gasteiger partial charge in [-0.2, -0.15) is 5.10 Å². The van der Waals surface area contributed by atoms with E-state index < -0.39 is 0 Å². The van der Waals surface area contributed by atoms with Gasteiger partial charge < -0.3 is 10.6 Å². The van der Waals surface area contributed by atoms with Crippen LogP contribution in [0.4, 0.5) is 0 Å². The number of aromatic nitrogens is 2. The minimum absolute atomic E-state index is 0.0147. The van der Waals surface area contributed by atoms with Crippen LogP contribution < -0.4 is 5.73 Å². The molecule has 0 saturated carbocycles. The number of rotatable bonds is 4. The lowest BCUT2D eigenvalue weighted by Gasteiger charge is -2.16. The van der Waals surface area contributed by atoms with Crippen molar-refractivity contribution in [3.05, 3.63) is 53.3 Å². The second-order valence-corrected chi connectivity index (χ2v) is 4.59. The summed E-state index contributed by atoms with van der Waals surface area (Å²) in [7, 11) is 3.64. The molecule has 2 rings (SSSR count). The summed E-state index contributed by atoms with van der Waals surface area (Å²) in [5.74, 6) is -0.0147. The highest BCUT2D eigenvalue weighted by atomic mass is 16.2. The third-order valence-electron chi connectivity index (χ3n) is 2.93. The van der Waals surface area contributed by atoms with Gasteiger partial charge in [-0.1, -0.05) is 12.1 Å². The molecule has 0 fully saturated rings. The molecule has 5 heteroatoms. The number of benzene rings is 1. The van der Waals surface area contributed by atoms with Crippen LogP contribution in [0.5, 0.6) is 0 Å². The van der Waals surface area contributed by atoms with Gasteiger partial charge in [0.15, 0.2) is 0 Å². The van der Waals surface area contributed by atoms with E-state index in [1.165, 1.54) is 0 Å². The molecule has 1 aromatic heterocycles. The van der Waals surface area contributed by atoms with Crippen LogP contribution in [0.25, 0.3) is 0 Å². The molecule has 100 valence electrons. The van der Waals surface area contributed by atoms with Gasteiger partial charge in [0, 0.05) is 44.5 Å². The van der Waals surface area contributed by atoms with Crippen LogP contribution in [0.1, 0.15) is 21.5 Å². The lowest BCUT2D eigenvalue weighted by Crippen LogP contribution is -2.26. The Labute approximate surface area is 112 Å². The molecule has 0 aliphatic carbocycles. The van der Waals surface area contributed by atoms with E-state index in [-0.39, 0.29) is 5.91 Å². The Hall–Kier alpha value is -2.14. The summed E-state index contributed by atoms with van der Waals surface area (Å²) in [4.78, 5) is 14.0. The smallest absolute Gasteiger partial charge is 0.253 e. The Morgan fingerprint density at radius 3 is 2.84 bits per heavy atom. The first-order valence-corrected chi connectivity index (χ1v) is 6.12. The lowest BCUT2D eigenvalue weighted by atomic mass is 10.1. The number of carbonyl (C=O) groups excluding carboxylic acids is 1. The number of hydrogen-bond acceptors (Lipinski definition) is 3. The van der Waals surface area contributed by atoms with Gasteiger partial charge in [-0.3, -0.25) is 9.48 Å². The molecule has 0 unspecified atom stereocenters. The van der Waals surface area contributed by atoms with Crippen molar-refractivity contribution in [1.82, 2.24) is 14.7 Å². The largest absolute Gasteiger partial charge is 0.337 e. The summed E-state index contributed by atoms with van der Waals surface area (Å²) in [6.45, 7) is 0.979. The molecule has 2 aromatic rings. The highest BCUT2D eigenvalue weighted by Crippen LogP contribution is 2.10. The van der Waals surface area contributed by atoms with Crippen molar-refractivity contribution < 1.29 is 4.79 Å². The zero-order valence-electron chi connectivity index (χ0n) is 11.2. The molecule has 0 bridgehead atoms. The van der Waals surface area contributed by atoms with Crippen LogP contribution in [0.15, 0.2) is 36.7 Å². The summed E-state index contributed by atoms with van der Waals surface area (Å²) < 4.78 is 1.72. The van der Waals surface area contributed by atoms with Crippen LogP contribution in [-0.4, -0.2) is 27.6 Å². The molecule has 0 aliphatic rings. The third kappa shape index (κ3) is 3.20. The fourth-order valence-corrected chi connectivity index (χ4v) is 1.95. The Balaban J connectivity index is 2.09. The van der Waals surface area contributed by atoms with Crippen LogP contribution in [0.3, 0.4) is 0 Å². The van der Waals surface area contributed by atoms with E-state index in [1.807, 2.05) is 31.4 Å². The minimum atomic E-state index is -0.0147. The average Bonchev–Trinajstić information content (AvgIpc) is 2.83. The maximum Gasteiger partial charge on any atom is 0.253 e. The molecule has 0 saturated heterocycles. The van der Waals surface area contributed by atoms with E-state index in [2.05, 4.69) is 5.10 Å². The third-order valence-corrected chi connectivity index (χ3v) is 2.93. The van der Waals surface area contributed by atoms with Gasteiger partial charge in [0.1, 0.15) is 0 Å². The van der Waals surface area contributed by atoms with Gasteiger partial charge in [-0.05, 0) is 17.7 Å². The summed E-state index contributed by atoms with van der Waals surface area (Å²) >= 11 is 0. The average molecular weight is 258 g/mol. The van der Waals surface area contributed by atoms with Crippen LogP contribution in [0, 0.1) is 0 Å². The summed E-state index contributed by atoms with van der Waals surface area (Å²) in [6, 6.07) is 7.41. The molecule has 1 amide bonds. The van der Waals surface area contributed by atoms with E-state index in [0.717, 1.165) is 11.1 Å². The summed E-state index contributed by atoms with van der Waals surface area (Å²) in [5, 5.41) is 4.09. The summed E-state index contributed by atoms with van der Waals surface area (Å²) in [6.07, 6.45) is 3.67. The van der Waals surface area contributed by atoms with Gasteiger partial charge in [0.2, 0.25) is 0 Å². The molecule has 5 nitrogen and oxygen atoms in total. The zero-order chi connectivity index (χ0) is 13.8. The van der Waals surface area contributed by atoms with E-state index in [1.54, 1.807) is 28.9 Å². The Kier molecular flexibility index (Phi) is 3.97. The van der Waals surface area contributed by atoms with Crippen molar-refractivity contribution in [3.63, 3.8) is 0 Å². The molecule has 0 spiro atoms. The standard InChI is InChI=1S/C14H18N4O/c1-17(9-12-8-16-18(2)10-12)14(19)13-5-3-4-11(6-13)7-15/h3-6,8,10H,7,9,15H2,1-2H3. The number of nitrogens with zero attached hydrogens (tertiary/aromatic N) is 3. The van der Waals surface area contributed by atoms with Crippen molar-refractivity contribution in [3.8, 4) is 0 Å². The highest BCUT2D eigenvalue weighted by molar-refractivity contribution is 5.94. The van der Waals surface area contributed by atoms with Gasteiger partial charge in [-0.25, -0.2) is 0 Å². The fourth-order valence-electron chi connectivity index (χ4n) is 1.95. The minimum Gasteiger partial charge on any atom is -0.337 e. The molecular weight excluding hydrogens is 240 g/mol. The lowest BCUT2D eigenvalue weighted by molar-refractivity contribution is 0.0785. The van der Waals surface area contributed by atoms with Gasteiger partial charge in [0.05, 0.1) is 6.20 Å². The Morgan fingerprint density at radius 1 is 1.42 bits per heavy atom. The normalized spacial score (nSPS) is 10.5. The topological polar surface area (TPSA) is 64.2 Å². The molecule has 0 radical (unpaired) electrons. The quantitative estimate of drug-likeness (QED) is 0.894. The number of amides is 1. The first kappa shape index (κ1) is 13.3. The number of carbonyl (C=O) groups is 1. The second-order valence-electron chi connectivity index (χ2n) is 4.59. The second kappa shape index (κ2) is 5.67. The maximum absolute atomic E-state index is 12.3. The Morgan fingerprint density at radius 2 is 2.21 bits per heavy atom. The molecule has 2 N–H and O–H groups in total. The first-order chi connectivity index (χ1) is 9.10.